The molecule has 0 aromatic carbocycles. The molecule has 80 valence electrons. The lowest BCUT2D eigenvalue weighted by molar-refractivity contribution is -0.124. The van der Waals surface area contributed by atoms with E-state index in [-0.39, 0.29) is 11.9 Å². The van der Waals surface area contributed by atoms with Gasteiger partial charge in [-0.15, -0.1) is 6.42 Å². The van der Waals surface area contributed by atoms with Gasteiger partial charge in [0.25, 0.3) is 0 Å². The first-order valence-corrected chi connectivity index (χ1v) is 4.79. The molecule has 0 aliphatic carbocycles. The Morgan fingerprint density at radius 1 is 1.73 bits per heavy atom. The third-order valence-corrected chi connectivity index (χ3v) is 2.14. The number of carbonyl (C=O) groups is 1. The maximum absolute atomic E-state index is 11.7. The molecule has 5 heteroatoms. The molecule has 1 aromatic heterocycles. The van der Waals surface area contributed by atoms with Gasteiger partial charge in [-0.05, 0) is 13.3 Å². The lowest BCUT2D eigenvalue weighted by atomic mass is 10.2. The zero-order valence-corrected chi connectivity index (χ0v) is 8.84. The van der Waals surface area contributed by atoms with E-state index in [0.717, 1.165) is 0 Å². The first-order valence-electron chi connectivity index (χ1n) is 4.79. The van der Waals surface area contributed by atoms with Crippen molar-refractivity contribution in [3.8, 4) is 12.3 Å². The summed E-state index contributed by atoms with van der Waals surface area (Å²) >= 11 is 0. The molecule has 5 nitrogen and oxygen atoms in total. The lowest BCUT2D eigenvalue weighted by Crippen LogP contribution is -2.37. The van der Waals surface area contributed by atoms with E-state index < -0.39 is 6.04 Å². The van der Waals surface area contributed by atoms with Gasteiger partial charge in [0.1, 0.15) is 18.7 Å². The predicted octanol–water partition coefficient (Wildman–Crippen LogP) is 0.367. The Morgan fingerprint density at radius 3 is 2.93 bits per heavy atom. The number of aromatic nitrogens is 3. The van der Waals surface area contributed by atoms with Gasteiger partial charge in [0, 0.05) is 0 Å². The van der Waals surface area contributed by atoms with Gasteiger partial charge in [-0.25, -0.2) is 9.67 Å². The van der Waals surface area contributed by atoms with Gasteiger partial charge in [0.2, 0.25) is 5.91 Å². The van der Waals surface area contributed by atoms with E-state index in [1.165, 1.54) is 17.3 Å². The number of hydrogen-bond acceptors (Lipinski definition) is 3. The van der Waals surface area contributed by atoms with Crippen molar-refractivity contribution in [3.63, 3.8) is 0 Å². The number of nitrogens with zero attached hydrogens (tertiary/aromatic N) is 3. The second kappa shape index (κ2) is 5.15. The quantitative estimate of drug-likeness (QED) is 0.724. The van der Waals surface area contributed by atoms with Crippen molar-refractivity contribution in [2.75, 3.05) is 0 Å². The summed E-state index contributed by atoms with van der Waals surface area (Å²) < 4.78 is 1.48. The number of hydrogen-bond donors (Lipinski definition) is 1. The van der Waals surface area contributed by atoms with Crippen molar-refractivity contribution in [1.29, 1.82) is 0 Å². The van der Waals surface area contributed by atoms with E-state index in [1.807, 2.05) is 6.92 Å². The van der Waals surface area contributed by atoms with Crippen LogP contribution in [0, 0.1) is 12.3 Å². The molecule has 2 atom stereocenters. The molecule has 1 amide bonds. The van der Waals surface area contributed by atoms with Crippen LogP contribution >= 0.6 is 0 Å². The second-order valence-electron chi connectivity index (χ2n) is 3.19. The van der Waals surface area contributed by atoms with E-state index >= 15 is 0 Å². The van der Waals surface area contributed by atoms with Gasteiger partial charge in [-0.2, -0.15) is 5.10 Å². The minimum Gasteiger partial charge on any atom is -0.341 e. The van der Waals surface area contributed by atoms with Crippen LogP contribution < -0.4 is 5.32 Å². The Labute approximate surface area is 88.9 Å². The average molecular weight is 206 g/mol. The Balaban J connectivity index is 2.58. The largest absolute Gasteiger partial charge is 0.341 e. The van der Waals surface area contributed by atoms with Crippen molar-refractivity contribution in [3.05, 3.63) is 12.7 Å². The van der Waals surface area contributed by atoms with Crippen molar-refractivity contribution < 1.29 is 4.79 Å². The summed E-state index contributed by atoms with van der Waals surface area (Å²) in [5.41, 5.74) is 0. The van der Waals surface area contributed by atoms with E-state index in [1.54, 1.807) is 6.92 Å². The van der Waals surface area contributed by atoms with Gasteiger partial charge in [-0.1, -0.05) is 12.8 Å². The molecule has 2 unspecified atom stereocenters. The van der Waals surface area contributed by atoms with Crippen LogP contribution in [0.15, 0.2) is 12.7 Å². The molecule has 0 bridgehead atoms. The average Bonchev–Trinajstić information content (AvgIpc) is 2.77. The molecule has 0 aliphatic heterocycles. The summed E-state index contributed by atoms with van der Waals surface area (Å²) in [6.45, 7) is 3.66. The third kappa shape index (κ3) is 2.81. The molecule has 1 rings (SSSR count). The maximum Gasteiger partial charge on any atom is 0.245 e. The van der Waals surface area contributed by atoms with Crippen LogP contribution in [0.2, 0.25) is 0 Å². The van der Waals surface area contributed by atoms with E-state index in [2.05, 4.69) is 21.3 Å². The highest BCUT2D eigenvalue weighted by molar-refractivity contribution is 5.80. The first kappa shape index (κ1) is 11.2. The molecule has 0 saturated carbocycles. The zero-order chi connectivity index (χ0) is 11.3. The van der Waals surface area contributed by atoms with Gasteiger partial charge >= 0.3 is 0 Å². The minimum absolute atomic E-state index is 0.148. The van der Waals surface area contributed by atoms with Gasteiger partial charge < -0.3 is 5.32 Å². The summed E-state index contributed by atoms with van der Waals surface area (Å²) in [5, 5.41) is 6.63. The van der Waals surface area contributed by atoms with E-state index in [4.69, 9.17) is 6.42 Å². The highest BCUT2D eigenvalue weighted by Gasteiger charge is 2.17. The number of terminal acetylenes is 1. The van der Waals surface area contributed by atoms with Crippen LogP contribution in [0.25, 0.3) is 0 Å². The number of rotatable bonds is 4. The van der Waals surface area contributed by atoms with Gasteiger partial charge in [0.05, 0.1) is 6.04 Å². The molecule has 0 fully saturated rings. The highest BCUT2D eigenvalue weighted by Crippen LogP contribution is 2.02. The standard InChI is InChI=1S/C10H14N4O/c1-4-9(5-2)13-10(15)8(3)14-7-11-6-12-14/h1,6-9H,5H2,2-3H3,(H,13,15). The summed E-state index contributed by atoms with van der Waals surface area (Å²) in [5.74, 6) is 2.36. The smallest absolute Gasteiger partial charge is 0.245 e. The molecular weight excluding hydrogens is 192 g/mol. The SMILES string of the molecule is C#CC(CC)NC(=O)C(C)n1cncn1. The first-order chi connectivity index (χ1) is 7.19. The lowest BCUT2D eigenvalue weighted by Gasteiger charge is -2.15. The Bertz CT molecular complexity index is 352. The van der Waals surface area contributed by atoms with Crippen molar-refractivity contribution in [2.45, 2.75) is 32.4 Å². The Morgan fingerprint density at radius 2 is 2.47 bits per heavy atom. The van der Waals surface area contributed by atoms with Crippen LogP contribution in [-0.2, 0) is 4.79 Å². The van der Waals surface area contributed by atoms with Gasteiger partial charge in [0.15, 0.2) is 0 Å². The van der Waals surface area contributed by atoms with Crippen LogP contribution in [-0.4, -0.2) is 26.7 Å². The van der Waals surface area contributed by atoms with Crippen LogP contribution in [0.3, 0.4) is 0 Å². The van der Waals surface area contributed by atoms with Crippen LogP contribution in [0.4, 0.5) is 0 Å². The fraction of sp³-hybridized carbons (Fsp3) is 0.500. The molecule has 1 aromatic rings. The predicted molar refractivity (Wildman–Crippen MR) is 55.8 cm³/mol. The maximum atomic E-state index is 11.7. The van der Waals surface area contributed by atoms with Crippen LogP contribution in [0.5, 0.6) is 0 Å². The number of amides is 1. The normalized spacial score (nSPS) is 13.9. The monoisotopic (exact) mass is 206 g/mol. The number of carbonyl (C=O) groups excluding carboxylic acids is 1. The molecule has 1 N–H and O–H groups in total. The molecule has 15 heavy (non-hydrogen) atoms. The van der Waals surface area contributed by atoms with Crippen molar-refractivity contribution in [2.24, 2.45) is 0 Å². The minimum atomic E-state index is -0.394. The molecule has 0 radical (unpaired) electrons. The molecular formula is C10H14N4O. The third-order valence-electron chi connectivity index (χ3n) is 2.14. The fourth-order valence-corrected chi connectivity index (χ4v) is 1.09. The molecule has 1 heterocycles. The summed E-state index contributed by atoms with van der Waals surface area (Å²) in [4.78, 5) is 15.5. The fourth-order valence-electron chi connectivity index (χ4n) is 1.09. The number of nitrogens with one attached hydrogen (secondary N) is 1. The summed E-state index contributed by atoms with van der Waals surface area (Å²) in [6.07, 6.45) is 8.86. The zero-order valence-electron chi connectivity index (χ0n) is 8.84. The molecule has 0 spiro atoms. The van der Waals surface area contributed by atoms with E-state index in [9.17, 15) is 4.79 Å². The van der Waals surface area contributed by atoms with Gasteiger partial charge in [-0.3, -0.25) is 4.79 Å². The molecule has 0 saturated heterocycles. The Kier molecular flexibility index (Phi) is 3.86. The van der Waals surface area contributed by atoms with Crippen LogP contribution in [0.1, 0.15) is 26.3 Å². The van der Waals surface area contributed by atoms with Crippen molar-refractivity contribution >= 4 is 5.91 Å². The Hall–Kier alpha value is -1.83. The summed E-state index contributed by atoms with van der Waals surface area (Å²) in [7, 11) is 0. The molecule has 0 aliphatic rings. The summed E-state index contributed by atoms with van der Waals surface area (Å²) in [6, 6.07) is -0.613. The topological polar surface area (TPSA) is 59.8 Å². The highest BCUT2D eigenvalue weighted by atomic mass is 16.2. The van der Waals surface area contributed by atoms with Crippen molar-refractivity contribution in [1.82, 2.24) is 20.1 Å². The second-order valence-corrected chi connectivity index (χ2v) is 3.19. The van der Waals surface area contributed by atoms with E-state index in [0.29, 0.717) is 6.42 Å².